The summed E-state index contributed by atoms with van der Waals surface area (Å²) in [5, 5.41) is 0.210. The molecule has 0 amide bonds. The molecule has 110 valence electrons. The Bertz CT molecular complexity index is 476. The van der Waals surface area contributed by atoms with Gasteiger partial charge in [0.05, 0.1) is 23.3 Å². The number of allylic oxidation sites excluding steroid dienone is 2. The Morgan fingerprint density at radius 3 is 1.65 bits per heavy atom. The van der Waals surface area contributed by atoms with Crippen LogP contribution < -0.4 is 0 Å². The van der Waals surface area contributed by atoms with E-state index >= 15 is 0 Å². The van der Waals surface area contributed by atoms with E-state index in [0.29, 0.717) is 0 Å². The molecule has 4 unspecified atom stereocenters. The summed E-state index contributed by atoms with van der Waals surface area (Å²) < 4.78 is 19.7. The Hall–Kier alpha value is 2.55. The third-order valence-corrected chi connectivity index (χ3v) is 8.95. The molecule has 0 aromatic carbocycles. The summed E-state index contributed by atoms with van der Waals surface area (Å²) in [4.78, 5) is -2.78. The van der Waals surface area contributed by atoms with Crippen LogP contribution in [0.25, 0.3) is 0 Å². The van der Waals surface area contributed by atoms with E-state index in [9.17, 15) is 4.21 Å². The van der Waals surface area contributed by atoms with Crippen LogP contribution in [-0.2, 0) is 19.7 Å². The van der Waals surface area contributed by atoms with Crippen molar-refractivity contribution in [2.75, 3.05) is 13.2 Å². The molecule has 0 N–H and O–H groups in total. The van der Waals surface area contributed by atoms with E-state index in [2.05, 4.69) is 0 Å². The van der Waals surface area contributed by atoms with Gasteiger partial charge in [-0.2, -0.15) is 4.21 Å². The molecule has 3 rings (SSSR count). The van der Waals surface area contributed by atoms with Crippen molar-refractivity contribution >= 4 is 111 Å². The number of hydrogen-bond acceptors (Lipinski definition) is 3. The molecule has 0 radical (unpaired) electrons. The van der Waals surface area contributed by atoms with Crippen LogP contribution in [0.3, 0.4) is 0 Å². The van der Waals surface area contributed by atoms with Gasteiger partial charge in [0.25, 0.3) is 0 Å². The molecule has 0 spiro atoms. The zero-order chi connectivity index (χ0) is 14.2. The first-order valence-electron chi connectivity index (χ1n) is 5.19. The molecule has 2 bridgehead atoms. The molecule has 1 saturated carbocycles. The molecule has 2 aliphatic carbocycles. The zero-order valence-corrected chi connectivity index (χ0v) is 14.3. The Balaban J connectivity index is 0.00000147. The first kappa shape index (κ1) is 18.9. The van der Waals surface area contributed by atoms with Crippen LogP contribution in [0.4, 0.5) is 0 Å². The topological polar surface area (TPSA) is 35.5 Å². The molecule has 2 fully saturated rings. The van der Waals surface area contributed by atoms with Crippen molar-refractivity contribution in [3.05, 3.63) is 10.1 Å². The van der Waals surface area contributed by atoms with Crippen LogP contribution in [0, 0.1) is 11.8 Å². The Morgan fingerprint density at radius 1 is 0.950 bits per heavy atom. The normalized spacial score (nSPS) is 49.6. The van der Waals surface area contributed by atoms with Gasteiger partial charge in [0.15, 0.2) is 4.33 Å². The van der Waals surface area contributed by atoms with E-state index in [-0.39, 0.29) is 52.8 Å². The first-order chi connectivity index (χ1) is 8.69. The van der Waals surface area contributed by atoms with E-state index in [1.165, 1.54) is 0 Å². The standard InChI is InChI=1S/C9H6Cl6O3S.Na.H/c10-5-6(11)8(13)4-2-18-19(16)17-1-3(4)7(5,12)9(8,14)15;;/h3-4H,1-2H2;;. The number of halogens is 6. The summed E-state index contributed by atoms with van der Waals surface area (Å²) in [6, 6.07) is 0. The molecular weight excluding hydrogens is 424 g/mol. The summed E-state index contributed by atoms with van der Waals surface area (Å²) in [7, 11) is 0. The summed E-state index contributed by atoms with van der Waals surface area (Å²) in [5.74, 6) is -0.911. The van der Waals surface area contributed by atoms with Gasteiger partial charge in [-0.15, -0.1) is 23.2 Å². The van der Waals surface area contributed by atoms with Crippen molar-refractivity contribution in [2.24, 2.45) is 11.8 Å². The summed E-state index contributed by atoms with van der Waals surface area (Å²) in [6.45, 7) is 0.0215. The fraction of sp³-hybridized carbons (Fsp3) is 0.778. The quantitative estimate of drug-likeness (QED) is 0.437. The fourth-order valence-corrected chi connectivity index (χ4v) is 6.60. The van der Waals surface area contributed by atoms with Crippen molar-refractivity contribution in [1.82, 2.24) is 0 Å². The summed E-state index contributed by atoms with van der Waals surface area (Å²) in [6.07, 6.45) is 0. The van der Waals surface area contributed by atoms with Crippen LogP contribution >= 0.6 is 69.6 Å². The SMILES string of the molecule is O=S1OCC2C(CO1)C1(Cl)C(Cl)=C(Cl)C2(Cl)C1(Cl)Cl.[NaH]. The van der Waals surface area contributed by atoms with Gasteiger partial charge in [0.2, 0.25) is 0 Å². The molecule has 0 aromatic rings. The van der Waals surface area contributed by atoms with Gasteiger partial charge in [0.1, 0.15) is 9.75 Å². The molecule has 1 heterocycles. The molecule has 20 heavy (non-hydrogen) atoms. The fourth-order valence-electron chi connectivity index (χ4n) is 2.96. The molecule has 4 atom stereocenters. The van der Waals surface area contributed by atoms with Gasteiger partial charge >= 0.3 is 40.9 Å². The van der Waals surface area contributed by atoms with Crippen molar-refractivity contribution in [1.29, 1.82) is 0 Å². The van der Waals surface area contributed by atoms with Gasteiger partial charge in [-0.3, -0.25) is 8.37 Å². The van der Waals surface area contributed by atoms with Gasteiger partial charge in [-0.1, -0.05) is 46.4 Å². The average molecular weight is 431 g/mol. The van der Waals surface area contributed by atoms with E-state index in [1.54, 1.807) is 0 Å². The molecule has 0 aromatic heterocycles. The third-order valence-electron chi connectivity index (χ3n) is 3.94. The van der Waals surface area contributed by atoms with E-state index in [1.807, 2.05) is 0 Å². The first-order valence-corrected chi connectivity index (χ1v) is 8.46. The van der Waals surface area contributed by atoms with Gasteiger partial charge in [-0.05, 0) is 0 Å². The zero-order valence-electron chi connectivity index (χ0n) is 8.97. The minimum absolute atomic E-state index is 0. The van der Waals surface area contributed by atoms with Crippen LogP contribution in [-0.4, -0.2) is 61.1 Å². The maximum atomic E-state index is 11.3. The monoisotopic (exact) mass is 428 g/mol. The summed E-state index contributed by atoms with van der Waals surface area (Å²) >= 11 is 36.4. The van der Waals surface area contributed by atoms with Crippen molar-refractivity contribution in [2.45, 2.75) is 14.1 Å². The molecule has 1 aliphatic heterocycles. The second-order valence-electron chi connectivity index (χ2n) is 4.61. The van der Waals surface area contributed by atoms with Crippen molar-refractivity contribution in [3.8, 4) is 0 Å². The van der Waals surface area contributed by atoms with Crippen molar-refractivity contribution in [3.63, 3.8) is 0 Å². The summed E-state index contributed by atoms with van der Waals surface area (Å²) in [5.41, 5.74) is 0. The molecule has 3 aliphatic rings. The second-order valence-corrected chi connectivity index (χ2v) is 8.77. The average Bonchev–Trinajstić information content (AvgIpc) is 2.54. The number of rotatable bonds is 0. The Labute approximate surface area is 170 Å². The molecular formula is C9H7Cl6NaO3S. The van der Waals surface area contributed by atoms with Crippen LogP contribution in [0.2, 0.25) is 0 Å². The molecule has 11 heteroatoms. The predicted octanol–water partition coefficient (Wildman–Crippen LogP) is 3.04. The Morgan fingerprint density at radius 2 is 1.30 bits per heavy atom. The molecule has 1 saturated heterocycles. The van der Waals surface area contributed by atoms with Crippen LogP contribution in [0.5, 0.6) is 0 Å². The van der Waals surface area contributed by atoms with Gasteiger partial charge in [-0.25, -0.2) is 0 Å². The van der Waals surface area contributed by atoms with Crippen molar-refractivity contribution < 1.29 is 12.6 Å². The Kier molecular flexibility index (Phi) is 5.49. The number of hydrogen-bond donors (Lipinski definition) is 0. The number of fused-ring (bicyclic) bond motifs is 5. The second kappa shape index (κ2) is 5.82. The van der Waals surface area contributed by atoms with E-state index in [0.717, 1.165) is 0 Å². The van der Waals surface area contributed by atoms with Crippen LogP contribution in [0.1, 0.15) is 0 Å². The van der Waals surface area contributed by atoms with Gasteiger partial charge in [0, 0.05) is 11.8 Å². The predicted molar refractivity (Wildman–Crippen MR) is 84.5 cm³/mol. The van der Waals surface area contributed by atoms with E-state index in [4.69, 9.17) is 78.0 Å². The minimum atomic E-state index is -1.86. The number of alkyl halides is 4. The maximum absolute atomic E-state index is 11.3. The molecule has 3 nitrogen and oxygen atoms in total. The van der Waals surface area contributed by atoms with Gasteiger partial charge < -0.3 is 0 Å². The van der Waals surface area contributed by atoms with E-state index < -0.39 is 37.3 Å². The van der Waals surface area contributed by atoms with Crippen LogP contribution in [0.15, 0.2) is 10.1 Å². The third kappa shape index (κ3) is 2.01.